The summed E-state index contributed by atoms with van der Waals surface area (Å²) in [5.41, 5.74) is 3.57. The second kappa shape index (κ2) is 6.68. The van der Waals surface area contributed by atoms with E-state index in [4.69, 9.17) is 0 Å². The quantitative estimate of drug-likeness (QED) is 0.496. The number of para-hydroxylation sites is 1. The molecule has 0 heterocycles. The molecule has 1 heteroatoms. The van der Waals surface area contributed by atoms with Crippen molar-refractivity contribution in [1.29, 1.82) is 0 Å². The number of fused-ring (bicyclic) bond motifs is 1. The Bertz CT molecular complexity index is 1000. The van der Waals surface area contributed by atoms with Crippen molar-refractivity contribution in [2.45, 2.75) is 13.8 Å². The van der Waals surface area contributed by atoms with Crippen molar-refractivity contribution >= 4 is 22.1 Å². The maximum absolute atomic E-state index is 2.34. The molecule has 0 spiro atoms. The first-order chi connectivity index (χ1) is 12.6. The van der Waals surface area contributed by atoms with Crippen molar-refractivity contribution in [3.63, 3.8) is 0 Å². The average molecular weight is 337 g/mol. The maximum Gasteiger partial charge on any atom is 0.0540 e. The van der Waals surface area contributed by atoms with Gasteiger partial charge in [0.15, 0.2) is 0 Å². The third-order valence-electron chi connectivity index (χ3n) is 4.76. The fraction of sp³-hybridized carbons (Fsp3) is 0.120. The largest absolute Gasteiger partial charge is 0.310 e. The van der Waals surface area contributed by atoms with E-state index in [9.17, 15) is 0 Å². The van der Waals surface area contributed by atoms with Crippen LogP contribution in [0.1, 0.15) is 13.8 Å². The number of nitrogens with zero attached hydrogens (tertiary/aromatic N) is 1. The summed E-state index contributed by atoms with van der Waals surface area (Å²) in [4.78, 5) is 2.34. The molecule has 0 aliphatic heterocycles. The first-order valence-electron chi connectivity index (χ1n) is 9.06. The first-order valence-corrected chi connectivity index (χ1v) is 9.06. The Balaban J connectivity index is 1.93. The normalized spacial score (nSPS) is 15.5. The molecule has 0 aromatic heterocycles. The van der Waals surface area contributed by atoms with Crippen molar-refractivity contribution in [1.82, 2.24) is 0 Å². The summed E-state index contributed by atoms with van der Waals surface area (Å²) in [6, 6.07) is 25.6. The van der Waals surface area contributed by atoms with Crippen LogP contribution in [0.5, 0.6) is 0 Å². The number of rotatable bonds is 3. The minimum atomic E-state index is 0.0549. The van der Waals surface area contributed by atoms with Crippen molar-refractivity contribution in [3.8, 4) is 0 Å². The molecule has 3 aromatic rings. The molecule has 0 fully saturated rings. The molecule has 26 heavy (non-hydrogen) atoms. The molecule has 4 rings (SSSR count). The summed E-state index contributed by atoms with van der Waals surface area (Å²) < 4.78 is 0. The predicted octanol–water partition coefficient (Wildman–Crippen LogP) is 7.01. The van der Waals surface area contributed by atoms with Crippen molar-refractivity contribution in [2.24, 2.45) is 5.41 Å². The van der Waals surface area contributed by atoms with E-state index in [1.165, 1.54) is 16.5 Å². The van der Waals surface area contributed by atoms with Crippen LogP contribution in [-0.2, 0) is 0 Å². The van der Waals surface area contributed by atoms with Crippen LogP contribution in [0.2, 0.25) is 0 Å². The van der Waals surface area contributed by atoms with Crippen molar-refractivity contribution in [2.75, 3.05) is 4.90 Å². The van der Waals surface area contributed by atoms with Gasteiger partial charge in [-0.15, -0.1) is 0 Å². The third-order valence-corrected chi connectivity index (χ3v) is 4.76. The molecule has 1 aliphatic carbocycles. The van der Waals surface area contributed by atoms with Gasteiger partial charge < -0.3 is 4.90 Å². The van der Waals surface area contributed by atoms with Gasteiger partial charge in [0.2, 0.25) is 0 Å². The smallest absolute Gasteiger partial charge is 0.0540 e. The lowest BCUT2D eigenvalue weighted by Gasteiger charge is -2.27. The molecule has 0 atom stereocenters. The monoisotopic (exact) mass is 337 g/mol. The fourth-order valence-electron chi connectivity index (χ4n) is 3.36. The molecular formula is C25H23N. The van der Waals surface area contributed by atoms with E-state index < -0.39 is 0 Å². The highest BCUT2D eigenvalue weighted by atomic mass is 15.1. The van der Waals surface area contributed by atoms with Gasteiger partial charge in [0, 0.05) is 22.2 Å². The van der Waals surface area contributed by atoms with Gasteiger partial charge in [-0.3, -0.25) is 0 Å². The molecule has 0 bridgehead atoms. The van der Waals surface area contributed by atoms with E-state index in [-0.39, 0.29) is 5.41 Å². The van der Waals surface area contributed by atoms with E-state index in [1.54, 1.807) is 0 Å². The molecule has 0 N–H and O–H groups in total. The minimum absolute atomic E-state index is 0.0549. The van der Waals surface area contributed by atoms with Crippen LogP contribution in [0.15, 0.2) is 109 Å². The zero-order valence-corrected chi connectivity index (χ0v) is 15.3. The highest BCUT2D eigenvalue weighted by molar-refractivity contribution is 5.97. The van der Waals surface area contributed by atoms with Crippen LogP contribution in [-0.4, -0.2) is 0 Å². The SMILES string of the molecule is CC1(C)C=CC=C(N(c2ccccc2)c2cccc3ccccc23)C=C1. The van der Waals surface area contributed by atoms with Gasteiger partial charge in [0.1, 0.15) is 0 Å². The highest BCUT2D eigenvalue weighted by Crippen LogP contribution is 2.37. The van der Waals surface area contributed by atoms with E-state index >= 15 is 0 Å². The molecule has 3 aromatic carbocycles. The predicted molar refractivity (Wildman–Crippen MR) is 113 cm³/mol. The lowest BCUT2D eigenvalue weighted by atomic mass is 9.93. The zero-order valence-electron chi connectivity index (χ0n) is 15.3. The molecule has 1 nitrogen and oxygen atoms in total. The Kier molecular flexibility index (Phi) is 4.22. The summed E-state index contributed by atoms with van der Waals surface area (Å²) in [7, 11) is 0. The number of benzene rings is 3. The highest BCUT2D eigenvalue weighted by Gasteiger charge is 2.18. The third kappa shape index (κ3) is 3.21. The summed E-state index contributed by atoms with van der Waals surface area (Å²) >= 11 is 0. The molecular weight excluding hydrogens is 314 g/mol. The number of hydrogen-bond acceptors (Lipinski definition) is 1. The van der Waals surface area contributed by atoms with E-state index in [1.807, 2.05) is 0 Å². The molecule has 0 radical (unpaired) electrons. The van der Waals surface area contributed by atoms with Crippen LogP contribution in [0.25, 0.3) is 10.8 Å². The zero-order chi connectivity index (χ0) is 18.0. The lowest BCUT2D eigenvalue weighted by molar-refractivity contribution is 0.627. The van der Waals surface area contributed by atoms with Gasteiger partial charge in [-0.05, 0) is 35.7 Å². The summed E-state index contributed by atoms with van der Waals surface area (Å²) in [5, 5.41) is 2.50. The fourth-order valence-corrected chi connectivity index (χ4v) is 3.36. The van der Waals surface area contributed by atoms with Crippen LogP contribution >= 0.6 is 0 Å². The molecule has 128 valence electrons. The van der Waals surface area contributed by atoms with E-state index in [0.717, 1.165) is 11.4 Å². The van der Waals surface area contributed by atoms with Crippen LogP contribution in [0.3, 0.4) is 0 Å². The Morgan fingerprint density at radius 2 is 1.46 bits per heavy atom. The molecule has 0 amide bonds. The van der Waals surface area contributed by atoms with Crippen molar-refractivity contribution < 1.29 is 0 Å². The lowest BCUT2D eigenvalue weighted by Crippen LogP contribution is -2.15. The van der Waals surface area contributed by atoms with E-state index in [0.29, 0.717) is 0 Å². The number of hydrogen-bond donors (Lipinski definition) is 0. The second-order valence-corrected chi connectivity index (χ2v) is 7.27. The van der Waals surface area contributed by atoms with Gasteiger partial charge in [0.25, 0.3) is 0 Å². The Hall–Kier alpha value is -3.06. The number of anilines is 2. The van der Waals surface area contributed by atoms with E-state index in [2.05, 4.69) is 122 Å². The molecule has 0 unspecified atom stereocenters. The standard InChI is InChI=1S/C25H23N/c1-25(2)18-9-14-22(17-19-25)26(21-12-4-3-5-13-21)24-16-8-11-20-10-6-7-15-23(20)24/h3-19H,1-2H3. The van der Waals surface area contributed by atoms with Crippen LogP contribution in [0, 0.1) is 5.41 Å². The Labute approximate surface area is 155 Å². The van der Waals surface area contributed by atoms with Crippen molar-refractivity contribution in [3.05, 3.63) is 109 Å². The second-order valence-electron chi connectivity index (χ2n) is 7.27. The van der Waals surface area contributed by atoms with Gasteiger partial charge in [0.05, 0.1) is 5.69 Å². The summed E-state index contributed by atoms with van der Waals surface area (Å²) in [6.45, 7) is 4.45. The van der Waals surface area contributed by atoms with Gasteiger partial charge in [-0.1, -0.05) is 86.7 Å². The van der Waals surface area contributed by atoms with Crippen LogP contribution < -0.4 is 4.90 Å². The average Bonchev–Trinajstić information content (AvgIpc) is 2.84. The topological polar surface area (TPSA) is 3.24 Å². The van der Waals surface area contributed by atoms with Gasteiger partial charge >= 0.3 is 0 Å². The molecule has 0 saturated heterocycles. The maximum atomic E-state index is 2.34. The first kappa shape index (κ1) is 16.4. The molecule has 0 saturated carbocycles. The number of allylic oxidation sites excluding steroid dienone is 5. The molecule has 1 aliphatic rings. The Morgan fingerprint density at radius 3 is 2.31 bits per heavy atom. The summed E-state index contributed by atoms with van der Waals surface area (Å²) in [5.74, 6) is 0. The minimum Gasteiger partial charge on any atom is -0.310 e. The van der Waals surface area contributed by atoms with Crippen LogP contribution in [0.4, 0.5) is 11.4 Å². The van der Waals surface area contributed by atoms with Gasteiger partial charge in [-0.25, -0.2) is 0 Å². The summed E-state index contributed by atoms with van der Waals surface area (Å²) in [6.07, 6.45) is 11.1. The Morgan fingerprint density at radius 1 is 0.731 bits per heavy atom. The van der Waals surface area contributed by atoms with Gasteiger partial charge in [-0.2, -0.15) is 0 Å².